The van der Waals surface area contributed by atoms with E-state index in [1.54, 1.807) is 0 Å². The van der Waals surface area contributed by atoms with Crippen LogP contribution in [0.15, 0.2) is 36.7 Å². The Hall–Kier alpha value is -2.67. The van der Waals surface area contributed by atoms with Crippen molar-refractivity contribution >= 4 is 17.3 Å². The number of rotatable bonds is 4. The van der Waals surface area contributed by atoms with Gasteiger partial charge in [-0.3, -0.25) is 0 Å². The van der Waals surface area contributed by atoms with E-state index in [0.717, 1.165) is 54.2 Å². The van der Waals surface area contributed by atoms with Gasteiger partial charge >= 0.3 is 0 Å². The van der Waals surface area contributed by atoms with Crippen molar-refractivity contribution in [3.63, 3.8) is 0 Å². The monoisotopic (exact) mass is 352 g/mol. The zero-order chi connectivity index (χ0) is 18.1. The second kappa shape index (κ2) is 6.92. The molecule has 0 amide bonds. The first-order chi connectivity index (χ1) is 12.6. The maximum atomic E-state index is 9.66. The summed E-state index contributed by atoms with van der Waals surface area (Å²) >= 11 is 0. The molecule has 26 heavy (non-hydrogen) atoms. The van der Waals surface area contributed by atoms with Crippen molar-refractivity contribution in [3.05, 3.63) is 36.7 Å². The molecule has 0 aromatic carbocycles. The Bertz CT molecular complexity index is 881. The highest BCUT2D eigenvalue weighted by Gasteiger charge is 2.19. The van der Waals surface area contributed by atoms with Gasteiger partial charge in [-0.05, 0) is 49.9 Å². The molecule has 0 saturated heterocycles. The molecule has 0 radical (unpaired) electrons. The van der Waals surface area contributed by atoms with Gasteiger partial charge in [-0.25, -0.2) is 14.5 Å². The van der Waals surface area contributed by atoms with Crippen molar-refractivity contribution in [1.29, 1.82) is 0 Å². The van der Waals surface area contributed by atoms with E-state index in [4.69, 9.17) is 5.10 Å². The second-order valence-corrected chi connectivity index (χ2v) is 7.08. The van der Waals surface area contributed by atoms with E-state index in [-0.39, 0.29) is 6.10 Å². The number of pyridine rings is 1. The van der Waals surface area contributed by atoms with Crippen LogP contribution in [0.25, 0.3) is 16.9 Å². The smallest absolute Gasteiger partial charge is 0.154 e. The number of hydrogen-bond acceptors (Lipinski definition) is 6. The third kappa shape index (κ3) is 3.35. The molecule has 0 atom stereocenters. The van der Waals surface area contributed by atoms with Gasteiger partial charge in [0.15, 0.2) is 5.65 Å². The second-order valence-electron chi connectivity index (χ2n) is 7.08. The number of imidazole rings is 1. The van der Waals surface area contributed by atoms with Gasteiger partial charge in [0, 0.05) is 31.9 Å². The standard InChI is InChI=1S/C19H24N6O/c1-24(2)18-9-3-13(11-20-18)16-12-21-19-10-8-17(23-25(16)19)22-14-4-6-15(26)7-5-14/h3,8-12,14-15,26H,4-7H2,1-2H3,(H,22,23). The van der Waals surface area contributed by atoms with Crippen molar-refractivity contribution < 1.29 is 5.11 Å². The topological polar surface area (TPSA) is 78.6 Å². The molecule has 1 aliphatic rings. The van der Waals surface area contributed by atoms with E-state index >= 15 is 0 Å². The molecule has 0 aliphatic heterocycles. The summed E-state index contributed by atoms with van der Waals surface area (Å²) in [6.45, 7) is 0. The number of anilines is 2. The highest BCUT2D eigenvalue weighted by atomic mass is 16.3. The van der Waals surface area contributed by atoms with E-state index in [2.05, 4.69) is 15.3 Å². The van der Waals surface area contributed by atoms with Gasteiger partial charge in [0.25, 0.3) is 0 Å². The minimum Gasteiger partial charge on any atom is -0.393 e. The van der Waals surface area contributed by atoms with E-state index in [9.17, 15) is 5.11 Å². The molecule has 1 saturated carbocycles. The number of nitrogens with one attached hydrogen (secondary N) is 1. The number of aliphatic hydroxyl groups excluding tert-OH is 1. The molecular weight excluding hydrogens is 328 g/mol. The zero-order valence-corrected chi connectivity index (χ0v) is 15.1. The summed E-state index contributed by atoms with van der Waals surface area (Å²) in [5.74, 6) is 1.74. The predicted molar refractivity (Wildman–Crippen MR) is 102 cm³/mol. The van der Waals surface area contributed by atoms with Gasteiger partial charge in [0.1, 0.15) is 11.6 Å². The van der Waals surface area contributed by atoms with Gasteiger partial charge < -0.3 is 15.3 Å². The molecule has 0 spiro atoms. The average molecular weight is 352 g/mol. The molecule has 136 valence electrons. The van der Waals surface area contributed by atoms with Crippen LogP contribution in [-0.4, -0.2) is 50.9 Å². The van der Waals surface area contributed by atoms with Crippen LogP contribution in [0.3, 0.4) is 0 Å². The molecule has 0 unspecified atom stereocenters. The van der Waals surface area contributed by atoms with Gasteiger partial charge in [-0.2, -0.15) is 0 Å². The third-order valence-corrected chi connectivity index (χ3v) is 4.91. The van der Waals surface area contributed by atoms with Crippen LogP contribution in [-0.2, 0) is 0 Å². The van der Waals surface area contributed by atoms with Crippen LogP contribution in [0.1, 0.15) is 25.7 Å². The molecule has 0 bridgehead atoms. The van der Waals surface area contributed by atoms with Crippen LogP contribution in [0.2, 0.25) is 0 Å². The maximum absolute atomic E-state index is 9.66. The van der Waals surface area contributed by atoms with E-state index in [1.807, 2.05) is 60.2 Å². The molecule has 3 aromatic heterocycles. The van der Waals surface area contributed by atoms with Crippen molar-refractivity contribution in [2.75, 3.05) is 24.3 Å². The first-order valence-corrected chi connectivity index (χ1v) is 9.03. The number of aromatic nitrogens is 4. The summed E-state index contributed by atoms with van der Waals surface area (Å²) in [6.07, 6.45) is 7.15. The van der Waals surface area contributed by atoms with Gasteiger partial charge in [0.05, 0.1) is 18.0 Å². The summed E-state index contributed by atoms with van der Waals surface area (Å²) in [5, 5.41) is 17.9. The molecule has 3 aromatic rings. The average Bonchev–Trinajstić information content (AvgIpc) is 3.07. The molecule has 7 heteroatoms. The Morgan fingerprint density at radius 3 is 2.54 bits per heavy atom. The maximum Gasteiger partial charge on any atom is 0.154 e. The van der Waals surface area contributed by atoms with Crippen molar-refractivity contribution in [2.45, 2.75) is 37.8 Å². The Morgan fingerprint density at radius 1 is 1.04 bits per heavy atom. The van der Waals surface area contributed by atoms with E-state index in [1.165, 1.54) is 0 Å². The first kappa shape index (κ1) is 16.8. The highest BCUT2D eigenvalue weighted by Crippen LogP contribution is 2.24. The number of nitrogens with zero attached hydrogens (tertiary/aromatic N) is 5. The molecule has 1 aliphatic carbocycles. The fourth-order valence-electron chi connectivity index (χ4n) is 3.38. The molecular formula is C19H24N6O. The lowest BCUT2D eigenvalue weighted by molar-refractivity contribution is 0.126. The van der Waals surface area contributed by atoms with Crippen LogP contribution < -0.4 is 10.2 Å². The quantitative estimate of drug-likeness (QED) is 0.751. The molecule has 2 N–H and O–H groups in total. The third-order valence-electron chi connectivity index (χ3n) is 4.91. The van der Waals surface area contributed by atoms with Crippen LogP contribution in [0.5, 0.6) is 0 Å². The summed E-state index contributed by atoms with van der Waals surface area (Å²) in [7, 11) is 3.94. The summed E-state index contributed by atoms with van der Waals surface area (Å²) in [5.41, 5.74) is 2.70. The Morgan fingerprint density at radius 2 is 1.85 bits per heavy atom. The lowest BCUT2D eigenvalue weighted by Gasteiger charge is -2.26. The minimum atomic E-state index is -0.152. The normalized spacial score (nSPS) is 20.3. The van der Waals surface area contributed by atoms with Gasteiger partial charge in [-0.1, -0.05) is 0 Å². The number of hydrogen-bond donors (Lipinski definition) is 2. The SMILES string of the molecule is CN(C)c1ccc(-c2cnc3ccc(NC4CCC(O)CC4)nn23)cn1. The predicted octanol–water partition coefficient (Wildman–Crippen LogP) is 2.57. The van der Waals surface area contributed by atoms with Gasteiger partial charge in [0.2, 0.25) is 0 Å². The molecule has 4 rings (SSSR count). The fraction of sp³-hybridized carbons (Fsp3) is 0.421. The first-order valence-electron chi connectivity index (χ1n) is 9.03. The number of aliphatic hydroxyl groups is 1. The highest BCUT2D eigenvalue weighted by molar-refractivity contribution is 5.64. The summed E-state index contributed by atoms with van der Waals surface area (Å²) in [4.78, 5) is 10.9. The molecule has 1 fully saturated rings. The van der Waals surface area contributed by atoms with Gasteiger partial charge in [-0.15, -0.1) is 5.10 Å². The lowest BCUT2D eigenvalue weighted by atomic mass is 9.93. The Labute approximate surface area is 152 Å². The minimum absolute atomic E-state index is 0.152. The van der Waals surface area contributed by atoms with Crippen molar-refractivity contribution in [2.24, 2.45) is 0 Å². The van der Waals surface area contributed by atoms with Crippen molar-refractivity contribution in [1.82, 2.24) is 19.6 Å². The van der Waals surface area contributed by atoms with Crippen LogP contribution in [0, 0.1) is 0 Å². The fourth-order valence-corrected chi connectivity index (χ4v) is 3.38. The van der Waals surface area contributed by atoms with E-state index < -0.39 is 0 Å². The van der Waals surface area contributed by atoms with Crippen molar-refractivity contribution in [3.8, 4) is 11.3 Å². The largest absolute Gasteiger partial charge is 0.393 e. The van der Waals surface area contributed by atoms with Crippen LogP contribution in [0.4, 0.5) is 11.6 Å². The lowest BCUT2D eigenvalue weighted by Crippen LogP contribution is -2.28. The number of fused-ring (bicyclic) bond motifs is 1. The zero-order valence-electron chi connectivity index (χ0n) is 15.1. The summed E-state index contributed by atoms with van der Waals surface area (Å²) in [6, 6.07) is 8.32. The molecule has 3 heterocycles. The summed E-state index contributed by atoms with van der Waals surface area (Å²) < 4.78 is 1.85. The van der Waals surface area contributed by atoms with Crippen LogP contribution >= 0.6 is 0 Å². The molecule has 7 nitrogen and oxygen atoms in total. The Kier molecular flexibility index (Phi) is 4.46. The Balaban J connectivity index is 1.60. The van der Waals surface area contributed by atoms with E-state index in [0.29, 0.717) is 6.04 Å².